The van der Waals surface area contributed by atoms with Gasteiger partial charge in [0.15, 0.2) is 0 Å². The van der Waals surface area contributed by atoms with E-state index in [1.165, 1.54) is 12.5 Å². The lowest BCUT2D eigenvalue weighted by molar-refractivity contribution is -0.123. The Hall–Kier alpha value is -2.26. The van der Waals surface area contributed by atoms with E-state index in [-0.39, 0.29) is 16.8 Å². The van der Waals surface area contributed by atoms with Crippen LogP contribution in [0.3, 0.4) is 0 Å². The molecule has 4 rings (SSSR count). The molecule has 0 aliphatic heterocycles. The van der Waals surface area contributed by atoms with Gasteiger partial charge in [0.2, 0.25) is 27.6 Å². The molecule has 1 amide bonds. The lowest BCUT2D eigenvalue weighted by Crippen LogP contribution is -2.48. The molecule has 1 aromatic carbocycles. The van der Waals surface area contributed by atoms with Gasteiger partial charge in [-0.25, -0.2) is 8.42 Å². The number of rotatable bonds is 7. The van der Waals surface area contributed by atoms with Crippen LogP contribution in [-0.4, -0.2) is 36.5 Å². The monoisotopic (exact) mass is 432 g/mol. The summed E-state index contributed by atoms with van der Waals surface area (Å²) in [4.78, 5) is 17.0. The first-order valence-corrected chi connectivity index (χ1v) is 12.1. The van der Waals surface area contributed by atoms with Crippen LogP contribution in [0.15, 0.2) is 27.6 Å². The molecule has 9 heteroatoms. The van der Waals surface area contributed by atoms with Crippen LogP contribution in [0, 0.1) is 6.92 Å². The Morgan fingerprint density at radius 2 is 1.90 bits per heavy atom. The molecule has 2 fully saturated rings. The van der Waals surface area contributed by atoms with Gasteiger partial charge in [-0.15, -0.1) is 0 Å². The van der Waals surface area contributed by atoms with Crippen LogP contribution in [0.2, 0.25) is 0 Å². The number of aromatic nitrogens is 2. The van der Waals surface area contributed by atoms with Crippen LogP contribution in [0.25, 0.3) is 11.4 Å². The summed E-state index contributed by atoms with van der Waals surface area (Å²) in [6, 6.07) is 4.28. The van der Waals surface area contributed by atoms with Gasteiger partial charge in [-0.05, 0) is 51.2 Å². The highest BCUT2D eigenvalue weighted by molar-refractivity contribution is 7.89. The third-order valence-electron chi connectivity index (χ3n) is 5.78. The van der Waals surface area contributed by atoms with Crippen LogP contribution in [-0.2, 0) is 14.8 Å². The summed E-state index contributed by atoms with van der Waals surface area (Å²) in [5.74, 6) is 0.995. The van der Waals surface area contributed by atoms with Crippen molar-refractivity contribution >= 4 is 15.9 Å². The minimum Gasteiger partial charge on any atom is -0.352 e. The normalized spacial score (nSPS) is 18.9. The van der Waals surface area contributed by atoms with Crippen LogP contribution >= 0.6 is 0 Å². The number of nitrogens with zero attached hydrogens (tertiary/aromatic N) is 2. The third kappa shape index (κ3) is 4.73. The predicted octanol–water partition coefficient (Wildman–Crippen LogP) is 3.04. The van der Waals surface area contributed by atoms with E-state index < -0.39 is 16.1 Å². The zero-order valence-corrected chi connectivity index (χ0v) is 18.2. The molecule has 2 N–H and O–H groups in total. The molecule has 1 heterocycles. The van der Waals surface area contributed by atoms with Crippen molar-refractivity contribution in [2.75, 3.05) is 0 Å². The lowest BCUT2D eigenvalue weighted by atomic mass is 9.95. The maximum Gasteiger partial charge on any atom is 0.241 e. The Kier molecular flexibility index (Phi) is 5.92. The number of carbonyl (C=O) groups is 1. The van der Waals surface area contributed by atoms with E-state index >= 15 is 0 Å². The number of aryl methyl sites for hydroxylation is 1. The van der Waals surface area contributed by atoms with E-state index in [1.807, 2.05) is 0 Å². The molecule has 1 aromatic heterocycles. The Balaban J connectivity index is 1.48. The molecule has 2 aliphatic rings. The molecular formula is C21H28N4O4S. The smallest absolute Gasteiger partial charge is 0.241 e. The van der Waals surface area contributed by atoms with Crippen molar-refractivity contribution in [1.82, 2.24) is 20.2 Å². The zero-order chi connectivity index (χ0) is 21.3. The molecule has 2 saturated carbocycles. The first-order chi connectivity index (χ1) is 14.3. The van der Waals surface area contributed by atoms with Crippen molar-refractivity contribution in [2.24, 2.45) is 0 Å². The van der Waals surface area contributed by atoms with Gasteiger partial charge in [0, 0.05) is 17.5 Å². The number of amides is 1. The standard InChI is InChI=1S/C21H28N4O4S/c1-13-8-9-16(19-23-21(29-24-19)15-10-11-15)12-18(13)30(27,28)25-14(2)20(26)22-17-6-4-3-5-7-17/h8-9,12,14-15,17,25H,3-7,10-11H2,1-2H3,(H,22,26)/t14-/m0/s1. The van der Waals surface area contributed by atoms with Crippen LogP contribution < -0.4 is 10.0 Å². The maximum atomic E-state index is 13.0. The van der Waals surface area contributed by atoms with Crippen molar-refractivity contribution in [3.8, 4) is 11.4 Å². The second kappa shape index (κ2) is 8.47. The lowest BCUT2D eigenvalue weighted by Gasteiger charge is -2.24. The molecule has 30 heavy (non-hydrogen) atoms. The number of carbonyl (C=O) groups excluding carboxylic acids is 1. The van der Waals surface area contributed by atoms with Gasteiger partial charge in [-0.1, -0.05) is 36.6 Å². The third-order valence-corrected chi connectivity index (χ3v) is 7.46. The molecule has 1 atom stereocenters. The van der Waals surface area contributed by atoms with Gasteiger partial charge in [0.1, 0.15) is 0 Å². The van der Waals surface area contributed by atoms with Crippen molar-refractivity contribution in [3.63, 3.8) is 0 Å². The van der Waals surface area contributed by atoms with Crippen molar-refractivity contribution in [1.29, 1.82) is 0 Å². The number of sulfonamides is 1. The predicted molar refractivity (Wildman–Crippen MR) is 111 cm³/mol. The van der Waals surface area contributed by atoms with Crippen molar-refractivity contribution in [2.45, 2.75) is 81.7 Å². The summed E-state index contributed by atoms with van der Waals surface area (Å²) < 4.78 is 33.8. The summed E-state index contributed by atoms with van der Waals surface area (Å²) in [6.45, 7) is 3.28. The quantitative estimate of drug-likeness (QED) is 0.695. The highest BCUT2D eigenvalue weighted by Gasteiger charge is 2.30. The number of benzene rings is 1. The van der Waals surface area contributed by atoms with E-state index in [2.05, 4.69) is 20.2 Å². The fourth-order valence-electron chi connectivity index (χ4n) is 3.80. The van der Waals surface area contributed by atoms with E-state index in [1.54, 1.807) is 26.0 Å². The zero-order valence-electron chi connectivity index (χ0n) is 17.3. The SMILES string of the molecule is Cc1ccc(-c2noc(C3CC3)n2)cc1S(=O)(=O)N[C@@H](C)C(=O)NC1CCCCC1. The molecule has 2 aliphatic carbocycles. The van der Waals surface area contributed by atoms with Gasteiger partial charge in [-0.3, -0.25) is 4.79 Å². The van der Waals surface area contributed by atoms with Gasteiger partial charge in [0.05, 0.1) is 10.9 Å². The summed E-state index contributed by atoms with van der Waals surface area (Å²) >= 11 is 0. The Morgan fingerprint density at radius 3 is 2.60 bits per heavy atom. The largest absolute Gasteiger partial charge is 0.352 e. The molecule has 0 bridgehead atoms. The molecule has 0 spiro atoms. The Morgan fingerprint density at radius 1 is 1.17 bits per heavy atom. The highest BCUT2D eigenvalue weighted by atomic mass is 32.2. The van der Waals surface area contributed by atoms with Crippen LogP contribution in [0.1, 0.15) is 69.2 Å². The Labute approximate surface area is 176 Å². The molecule has 0 saturated heterocycles. The van der Waals surface area contributed by atoms with E-state index in [0.29, 0.717) is 28.8 Å². The van der Waals surface area contributed by atoms with Crippen LogP contribution in [0.4, 0.5) is 0 Å². The summed E-state index contributed by atoms with van der Waals surface area (Å²) in [5, 5.41) is 6.95. The number of hydrogen-bond acceptors (Lipinski definition) is 6. The average molecular weight is 433 g/mol. The first kappa shape index (κ1) is 21.0. The number of hydrogen-bond donors (Lipinski definition) is 2. The summed E-state index contributed by atoms with van der Waals surface area (Å²) in [7, 11) is -3.90. The maximum absolute atomic E-state index is 13.0. The van der Waals surface area contributed by atoms with Gasteiger partial charge in [-0.2, -0.15) is 9.71 Å². The minimum absolute atomic E-state index is 0.107. The molecule has 0 radical (unpaired) electrons. The minimum atomic E-state index is -3.90. The fourth-order valence-corrected chi connectivity index (χ4v) is 5.27. The first-order valence-electron chi connectivity index (χ1n) is 10.6. The van der Waals surface area contributed by atoms with E-state index in [9.17, 15) is 13.2 Å². The van der Waals surface area contributed by atoms with E-state index in [0.717, 1.165) is 38.5 Å². The van der Waals surface area contributed by atoms with Crippen molar-refractivity contribution in [3.05, 3.63) is 29.7 Å². The van der Waals surface area contributed by atoms with Crippen molar-refractivity contribution < 1.29 is 17.7 Å². The van der Waals surface area contributed by atoms with Gasteiger partial charge >= 0.3 is 0 Å². The summed E-state index contributed by atoms with van der Waals surface area (Å²) in [6.07, 6.45) is 7.34. The topological polar surface area (TPSA) is 114 Å². The molecule has 8 nitrogen and oxygen atoms in total. The number of nitrogens with one attached hydrogen (secondary N) is 2. The molecular weight excluding hydrogens is 404 g/mol. The second-order valence-corrected chi connectivity index (χ2v) is 10.1. The molecule has 162 valence electrons. The molecule has 0 unspecified atom stereocenters. The van der Waals surface area contributed by atoms with Gasteiger partial charge < -0.3 is 9.84 Å². The van der Waals surface area contributed by atoms with Crippen LogP contribution in [0.5, 0.6) is 0 Å². The summed E-state index contributed by atoms with van der Waals surface area (Å²) in [5.41, 5.74) is 1.15. The fraction of sp³-hybridized carbons (Fsp3) is 0.571. The second-order valence-electron chi connectivity index (χ2n) is 8.40. The Bertz CT molecular complexity index is 1020. The van der Waals surface area contributed by atoms with E-state index in [4.69, 9.17) is 4.52 Å². The molecule has 2 aromatic rings. The highest BCUT2D eigenvalue weighted by Crippen LogP contribution is 2.39. The average Bonchev–Trinajstić information content (AvgIpc) is 3.45. The van der Waals surface area contributed by atoms with Gasteiger partial charge in [0.25, 0.3) is 0 Å².